The Bertz CT molecular complexity index is 849. The number of rotatable bonds is 10. The Hall–Kier alpha value is -2.40. The summed E-state index contributed by atoms with van der Waals surface area (Å²) in [5, 5.41) is 14.3. The van der Waals surface area contributed by atoms with E-state index in [-0.39, 0.29) is 30.0 Å². The van der Waals surface area contributed by atoms with Crippen molar-refractivity contribution in [2.45, 2.75) is 20.0 Å². The van der Waals surface area contributed by atoms with Gasteiger partial charge in [-0.25, -0.2) is 0 Å². The van der Waals surface area contributed by atoms with Crippen LogP contribution in [0, 0.1) is 6.92 Å². The molecule has 1 aliphatic heterocycles. The van der Waals surface area contributed by atoms with E-state index in [1.54, 1.807) is 0 Å². The molecule has 0 spiro atoms. The maximum absolute atomic E-state index is 12.3. The molecule has 1 aromatic carbocycles. The van der Waals surface area contributed by atoms with Gasteiger partial charge in [-0.1, -0.05) is 29.0 Å². The highest BCUT2D eigenvalue weighted by Crippen LogP contribution is 2.14. The zero-order chi connectivity index (χ0) is 22.1. The van der Waals surface area contributed by atoms with E-state index in [4.69, 9.17) is 4.74 Å². The molecular weight excluding hydrogens is 416 g/mol. The zero-order valence-electron chi connectivity index (χ0n) is 18.1. The van der Waals surface area contributed by atoms with Crippen molar-refractivity contribution in [1.29, 1.82) is 0 Å². The normalized spacial score (nSPS) is 15.0. The van der Waals surface area contributed by atoms with Gasteiger partial charge in [-0.15, -0.1) is 10.2 Å². The van der Waals surface area contributed by atoms with Gasteiger partial charge < -0.3 is 25.2 Å². The van der Waals surface area contributed by atoms with Crippen molar-refractivity contribution in [2.24, 2.45) is 0 Å². The van der Waals surface area contributed by atoms with Gasteiger partial charge in [-0.05, 0) is 39.1 Å². The standard InChI is InChI=1S/C21H30N6O3S/c1-16-4-6-17(7-5-16)23-20(29)21-25-24-19(31-21)15-30-14-18(28)22-8-3-9-27-12-10-26(2)11-13-27/h4-7H,3,8-15H2,1-2H3,(H,22,28)(H,23,29). The van der Waals surface area contributed by atoms with E-state index in [1.807, 2.05) is 31.2 Å². The SMILES string of the molecule is Cc1ccc(NC(=O)c2nnc(COCC(=O)NCCCN3CCN(C)CC3)s2)cc1. The van der Waals surface area contributed by atoms with Gasteiger partial charge in [0.15, 0.2) is 0 Å². The Morgan fingerprint density at radius 2 is 1.87 bits per heavy atom. The van der Waals surface area contributed by atoms with Crippen molar-refractivity contribution in [1.82, 2.24) is 25.3 Å². The van der Waals surface area contributed by atoms with Gasteiger partial charge >= 0.3 is 0 Å². The van der Waals surface area contributed by atoms with Gasteiger partial charge in [-0.2, -0.15) is 0 Å². The summed E-state index contributed by atoms with van der Waals surface area (Å²) < 4.78 is 5.41. The summed E-state index contributed by atoms with van der Waals surface area (Å²) in [6.45, 7) is 8.08. The number of benzene rings is 1. The van der Waals surface area contributed by atoms with E-state index in [2.05, 4.69) is 37.7 Å². The number of aromatic nitrogens is 2. The highest BCUT2D eigenvalue weighted by Gasteiger charge is 2.14. The Morgan fingerprint density at radius 3 is 2.61 bits per heavy atom. The molecule has 1 aliphatic rings. The van der Waals surface area contributed by atoms with Crippen molar-refractivity contribution >= 4 is 28.8 Å². The predicted molar refractivity (Wildman–Crippen MR) is 120 cm³/mol. The van der Waals surface area contributed by atoms with Crippen LogP contribution in [-0.2, 0) is 16.1 Å². The lowest BCUT2D eigenvalue weighted by molar-refractivity contribution is -0.126. The first-order valence-corrected chi connectivity index (χ1v) is 11.3. The highest BCUT2D eigenvalue weighted by molar-refractivity contribution is 7.13. The number of hydrogen-bond acceptors (Lipinski definition) is 8. The van der Waals surface area contributed by atoms with Crippen LogP contribution in [-0.4, -0.2) is 84.7 Å². The molecule has 1 fully saturated rings. The summed E-state index contributed by atoms with van der Waals surface area (Å²) in [4.78, 5) is 28.9. The van der Waals surface area contributed by atoms with E-state index < -0.39 is 0 Å². The second kappa shape index (κ2) is 11.8. The third kappa shape index (κ3) is 7.98. The van der Waals surface area contributed by atoms with Crippen LogP contribution in [0.15, 0.2) is 24.3 Å². The quantitative estimate of drug-likeness (QED) is 0.532. The molecule has 9 nitrogen and oxygen atoms in total. The molecule has 0 radical (unpaired) electrons. The summed E-state index contributed by atoms with van der Waals surface area (Å²) in [6, 6.07) is 7.52. The summed E-state index contributed by atoms with van der Waals surface area (Å²) in [5.74, 6) is -0.467. The highest BCUT2D eigenvalue weighted by atomic mass is 32.1. The first-order chi connectivity index (χ1) is 15.0. The average molecular weight is 447 g/mol. The topological polar surface area (TPSA) is 99.7 Å². The molecule has 1 aromatic heterocycles. The van der Waals surface area contributed by atoms with Gasteiger partial charge in [-0.3, -0.25) is 9.59 Å². The minimum absolute atomic E-state index is 0.0427. The van der Waals surface area contributed by atoms with Crippen LogP contribution in [0.1, 0.15) is 26.8 Å². The van der Waals surface area contributed by atoms with Crippen LogP contribution >= 0.6 is 11.3 Å². The molecule has 31 heavy (non-hydrogen) atoms. The molecule has 3 rings (SSSR count). The van der Waals surface area contributed by atoms with E-state index in [9.17, 15) is 9.59 Å². The van der Waals surface area contributed by atoms with Crippen molar-refractivity contribution in [3.8, 4) is 0 Å². The molecular formula is C21H30N6O3S. The summed E-state index contributed by atoms with van der Waals surface area (Å²) >= 11 is 1.15. The largest absolute Gasteiger partial charge is 0.364 e. The lowest BCUT2D eigenvalue weighted by Crippen LogP contribution is -2.45. The van der Waals surface area contributed by atoms with E-state index in [1.165, 1.54) is 0 Å². The molecule has 0 aliphatic carbocycles. The molecule has 0 bridgehead atoms. The maximum Gasteiger partial charge on any atom is 0.286 e. The van der Waals surface area contributed by atoms with Gasteiger partial charge in [0.1, 0.15) is 18.2 Å². The number of ether oxygens (including phenoxy) is 1. The van der Waals surface area contributed by atoms with E-state index >= 15 is 0 Å². The lowest BCUT2D eigenvalue weighted by atomic mass is 10.2. The molecule has 1 saturated heterocycles. The van der Waals surface area contributed by atoms with Crippen LogP contribution in [0.5, 0.6) is 0 Å². The van der Waals surface area contributed by atoms with Gasteiger partial charge in [0.05, 0.1) is 0 Å². The number of piperazine rings is 1. The minimum Gasteiger partial charge on any atom is -0.364 e. The number of amides is 2. The minimum atomic E-state index is -0.314. The number of hydrogen-bond donors (Lipinski definition) is 2. The van der Waals surface area contributed by atoms with Gasteiger partial charge in [0, 0.05) is 38.4 Å². The summed E-state index contributed by atoms with van der Waals surface area (Å²) in [6.07, 6.45) is 0.922. The number of carbonyl (C=O) groups is 2. The second-order valence-electron chi connectivity index (χ2n) is 7.66. The first-order valence-electron chi connectivity index (χ1n) is 10.5. The molecule has 2 heterocycles. The van der Waals surface area contributed by atoms with Crippen LogP contribution in [0.3, 0.4) is 0 Å². The number of aryl methyl sites for hydroxylation is 1. The van der Waals surface area contributed by atoms with Crippen LogP contribution in [0.4, 0.5) is 5.69 Å². The smallest absolute Gasteiger partial charge is 0.286 e. The first kappa shape index (κ1) is 23.3. The molecule has 0 saturated carbocycles. The predicted octanol–water partition coefficient (Wildman–Crippen LogP) is 1.37. The van der Waals surface area contributed by atoms with Crippen LogP contribution in [0.2, 0.25) is 0 Å². The lowest BCUT2D eigenvalue weighted by Gasteiger charge is -2.32. The third-order valence-corrected chi connectivity index (χ3v) is 5.89. The van der Waals surface area contributed by atoms with Crippen molar-refractivity contribution in [2.75, 3.05) is 58.2 Å². The molecule has 0 unspecified atom stereocenters. The Morgan fingerprint density at radius 1 is 1.13 bits per heavy atom. The average Bonchev–Trinajstić information content (AvgIpc) is 3.23. The van der Waals surface area contributed by atoms with E-state index in [0.717, 1.165) is 56.0 Å². The number of nitrogens with one attached hydrogen (secondary N) is 2. The number of nitrogens with zero attached hydrogens (tertiary/aromatic N) is 4. The molecule has 0 atom stereocenters. The number of likely N-dealkylation sites (N-methyl/N-ethyl adjacent to an activating group) is 1. The fourth-order valence-electron chi connectivity index (χ4n) is 3.11. The molecule has 10 heteroatoms. The van der Waals surface area contributed by atoms with Crippen LogP contribution < -0.4 is 10.6 Å². The monoisotopic (exact) mass is 446 g/mol. The Balaban J connectivity index is 1.29. The molecule has 168 valence electrons. The second-order valence-corrected chi connectivity index (χ2v) is 8.72. The van der Waals surface area contributed by atoms with Crippen molar-refractivity contribution in [3.05, 3.63) is 39.8 Å². The third-order valence-electron chi connectivity index (χ3n) is 5.00. The Labute approximate surface area is 186 Å². The van der Waals surface area contributed by atoms with Crippen LogP contribution in [0.25, 0.3) is 0 Å². The number of carbonyl (C=O) groups excluding carboxylic acids is 2. The molecule has 2 aromatic rings. The van der Waals surface area contributed by atoms with E-state index in [0.29, 0.717) is 17.2 Å². The van der Waals surface area contributed by atoms with Gasteiger partial charge in [0.25, 0.3) is 5.91 Å². The zero-order valence-corrected chi connectivity index (χ0v) is 18.9. The maximum atomic E-state index is 12.3. The Kier molecular flexibility index (Phi) is 8.89. The summed E-state index contributed by atoms with van der Waals surface area (Å²) in [7, 11) is 2.14. The van der Waals surface area contributed by atoms with Crippen molar-refractivity contribution < 1.29 is 14.3 Å². The fraction of sp³-hybridized carbons (Fsp3) is 0.524. The van der Waals surface area contributed by atoms with Crippen molar-refractivity contribution in [3.63, 3.8) is 0 Å². The molecule has 2 amide bonds. The fourth-order valence-corrected chi connectivity index (χ4v) is 3.78. The number of anilines is 1. The molecule has 2 N–H and O–H groups in total. The summed E-state index contributed by atoms with van der Waals surface area (Å²) in [5.41, 5.74) is 1.82. The van der Waals surface area contributed by atoms with Gasteiger partial charge in [0.2, 0.25) is 10.9 Å².